The highest BCUT2D eigenvalue weighted by Crippen LogP contribution is 2.30. The zero-order chi connectivity index (χ0) is 18.2. The molecule has 0 radical (unpaired) electrons. The third-order valence-corrected chi connectivity index (χ3v) is 4.02. The second kappa shape index (κ2) is 6.40. The summed E-state index contributed by atoms with van der Waals surface area (Å²) in [6.45, 7) is 1.78. The van der Waals surface area contributed by atoms with Crippen LogP contribution < -0.4 is 5.32 Å². The van der Waals surface area contributed by atoms with Crippen LogP contribution in [0.3, 0.4) is 0 Å². The van der Waals surface area contributed by atoms with E-state index in [-0.39, 0.29) is 11.3 Å². The third kappa shape index (κ3) is 3.32. The molecule has 0 atom stereocenters. The van der Waals surface area contributed by atoms with Crippen molar-refractivity contribution in [2.24, 2.45) is 0 Å². The van der Waals surface area contributed by atoms with Crippen LogP contribution in [-0.2, 0) is 12.6 Å². The van der Waals surface area contributed by atoms with Crippen LogP contribution in [0.2, 0.25) is 5.02 Å². The number of halogens is 4. The van der Waals surface area contributed by atoms with Crippen molar-refractivity contribution in [3.63, 3.8) is 0 Å². The molecule has 25 heavy (non-hydrogen) atoms. The van der Waals surface area contributed by atoms with Gasteiger partial charge in [0.05, 0.1) is 22.0 Å². The molecular weight excluding hydrogens is 355 g/mol. The number of nitrogens with zero attached hydrogens (tertiary/aromatic N) is 2. The molecule has 0 unspecified atom stereocenters. The number of hydrogen-bond donors (Lipinski definition) is 1. The summed E-state index contributed by atoms with van der Waals surface area (Å²) < 4.78 is 40.1. The van der Waals surface area contributed by atoms with E-state index >= 15 is 0 Å². The molecule has 1 aromatic carbocycles. The second-order valence-corrected chi connectivity index (χ2v) is 5.75. The molecule has 0 aliphatic rings. The SMILES string of the molecule is CCc1nc2ccc(C(F)(F)F)cn2c1C(=O)Nc1ccccc1Cl. The van der Waals surface area contributed by atoms with Crippen molar-refractivity contribution in [2.45, 2.75) is 19.5 Å². The highest BCUT2D eigenvalue weighted by atomic mass is 35.5. The molecule has 130 valence electrons. The number of rotatable bonds is 3. The van der Waals surface area contributed by atoms with Crippen LogP contribution in [0.5, 0.6) is 0 Å². The van der Waals surface area contributed by atoms with Crippen molar-refractivity contribution in [1.29, 1.82) is 0 Å². The van der Waals surface area contributed by atoms with E-state index in [9.17, 15) is 18.0 Å². The number of aromatic nitrogens is 2. The van der Waals surface area contributed by atoms with Crippen LogP contribution in [-0.4, -0.2) is 15.3 Å². The number of para-hydroxylation sites is 1. The molecule has 0 saturated carbocycles. The van der Waals surface area contributed by atoms with Crippen LogP contribution in [0.25, 0.3) is 5.65 Å². The van der Waals surface area contributed by atoms with Crippen molar-refractivity contribution in [3.8, 4) is 0 Å². The quantitative estimate of drug-likeness (QED) is 0.721. The van der Waals surface area contributed by atoms with Gasteiger partial charge in [0, 0.05) is 6.20 Å². The van der Waals surface area contributed by atoms with E-state index in [0.717, 1.165) is 16.7 Å². The summed E-state index contributed by atoms with van der Waals surface area (Å²) in [5.41, 5.74) is 0.256. The van der Waals surface area contributed by atoms with Gasteiger partial charge in [-0.15, -0.1) is 0 Å². The highest BCUT2D eigenvalue weighted by Gasteiger charge is 2.31. The van der Waals surface area contributed by atoms with Gasteiger partial charge in [0.2, 0.25) is 0 Å². The predicted molar refractivity (Wildman–Crippen MR) is 89.0 cm³/mol. The Morgan fingerprint density at radius 2 is 1.96 bits per heavy atom. The molecule has 0 aliphatic heterocycles. The number of aryl methyl sites for hydroxylation is 1. The number of imidazole rings is 1. The van der Waals surface area contributed by atoms with Gasteiger partial charge in [-0.05, 0) is 30.7 Å². The third-order valence-electron chi connectivity index (χ3n) is 3.69. The number of fused-ring (bicyclic) bond motifs is 1. The average Bonchev–Trinajstić information content (AvgIpc) is 2.94. The van der Waals surface area contributed by atoms with Gasteiger partial charge in [0.25, 0.3) is 5.91 Å². The monoisotopic (exact) mass is 367 g/mol. The number of carbonyl (C=O) groups is 1. The molecule has 2 aromatic heterocycles. The lowest BCUT2D eigenvalue weighted by molar-refractivity contribution is -0.137. The fourth-order valence-electron chi connectivity index (χ4n) is 2.49. The van der Waals surface area contributed by atoms with Crippen LogP contribution in [0.15, 0.2) is 42.6 Å². The summed E-state index contributed by atoms with van der Waals surface area (Å²) in [7, 11) is 0. The Labute approximate surface area is 146 Å². The van der Waals surface area contributed by atoms with E-state index in [0.29, 0.717) is 22.8 Å². The number of nitrogens with one attached hydrogen (secondary N) is 1. The molecule has 0 aliphatic carbocycles. The predicted octanol–water partition coefficient (Wildman–Crippen LogP) is 4.82. The van der Waals surface area contributed by atoms with E-state index in [4.69, 9.17) is 11.6 Å². The number of benzene rings is 1. The summed E-state index contributed by atoms with van der Waals surface area (Å²) in [5, 5.41) is 2.96. The molecule has 3 rings (SSSR count). The minimum Gasteiger partial charge on any atom is -0.319 e. The molecule has 0 saturated heterocycles. The van der Waals surface area contributed by atoms with Crippen molar-refractivity contribution < 1.29 is 18.0 Å². The van der Waals surface area contributed by atoms with Gasteiger partial charge in [-0.2, -0.15) is 13.2 Å². The first-order chi connectivity index (χ1) is 11.8. The van der Waals surface area contributed by atoms with Crippen molar-refractivity contribution in [2.75, 3.05) is 5.32 Å². The summed E-state index contributed by atoms with van der Waals surface area (Å²) in [6.07, 6.45) is -3.24. The second-order valence-electron chi connectivity index (χ2n) is 5.34. The van der Waals surface area contributed by atoms with Crippen LogP contribution in [0.1, 0.15) is 28.7 Å². The Morgan fingerprint density at radius 3 is 2.60 bits per heavy atom. The topological polar surface area (TPSA) is 46.4 Å². The van der Waals surface area contributed by atoms with Gasteiger partial charge in [0.15, 0.2) is 0 Å². The molecule has 4 nitrogen and oxygen atoms in total. The number of anilines is 1. The van der Waals surface area contributed by atoms with Gasteiger partial charge in [-0.25, -0.2) is 4.98 Å². The van der Waals surface area contributed by atoms with E-state index < -0.39 is 17.6 Å². The minimum atomic E-state index is -4.51. The Bertz CT molecular complexity index is 950. The van der Waals surface area contributed by atoms with Gasteiger partial charge in [0.1, 0.15) is 11.3 Å². The normalized spacial score (nSPS) is 11.7. The first-order valence-corrected chi connectivity index (χ1v) is 7.83. The number of carbonyl (C=O) groups excluding carboxylic acids is 1. The van der Waals surface area contributed by atoms with E-state index in [1.54, 1.807) is 31.2 Å². The summed E-state index contributed by atoms with van der Waals surface area (Å²) in [5.74, 6) is -0.572. The smallest absolute Gasteiger partial charge is 0.319 e. The molecule has 0 spiro atoms. The average molecular weight is 368 g/mol. The molecule has 2 heterocycles. The van der Waals surface area contributed by atoms with Crippen LogP contribution >= 0.6 is 11.6 Å². The standard InChI is InChI=1S/C17H13ClF3N3O/c1-2-12-15(16(25)23-13-6-4-3-5-11(13)18)24-9-10(17(19,20)21)7-8-14(24)22-12/h3-9H,2H2,1H3,(H,23,25). The molecule has 8 heteroatoms. The molecular formula is C17H13ClF3N3O. The van der Waals surface area contributed by atoms with Gasteiger partial charge in [-0.1, -0.05) is 30.7 Å². The first kappa shape index (κ1) is 17.3. The van der Waals surface area contributed by atoms with Crippen LogP contribution in [0.4, 0.5) is 18.9 Å². The Balaban J connectivity index is 2.10. The number of alkyl halides is 3. The molecule has 3 aromatic rings. The van der Waals surface area contributed by atoms with Gasteiger partial charge < -0.3 is 5.32 Å². The summed E-state index contributed by atoms with van der Waals surface area (Å²) in [6, 6.07) is 8.80. The maximum atomic E-state index is 13.0. The van der Waals surface area contributed by atoms with Crippen molar-refractivity contribution >= 4 is 28.8 Å². The number of amides is 1. The van der Waals surface area contributed by atoms with E-state index in [1.807, 2.05) is 0 Å². The van der Waals surface area contributed by atoms with Gasteiger partial charge in [-0.3, -0.25) is 9.20 Å². The fraction of sp³-hybridized carbons (Fsp3) is 0.176. The summed E-state index contributed by atoms with van der Waals surface area (Å²) >= 11 is 6.02. The number of hydrogen-bond acceptors (Lipinski definition) is 2. The summed E-state index contributed by atoms with van der Waals surface area (Å²) in [4.78, 5) is 16.9. The van der Waals surface area contributed by atoms with Crippen molar-refractivity contribution in [3.05, 3.63) is 64.6 Å². The van der Waals surface area contributed by atoms with Crippen molar-refractivity contribution in [1.82, 2.24) is 9.38 Å². The lowest BCUT2D eigenvalue weighted by atomic mass is 10.2. The molecule has 0 bridgehead atoms. The van der Waals surface area contributed by atoms with Crippen LogP contribution in [0, 0.1) is 0 Å². The van der Waals surface area contributed by atoms with E-state index in [2.05, 4.69) is 10.3 Å². The molecule has 1 N–H and O–H groups in total. The Kier molecular flexibility index (Phi) is 4.43. The highest BCUT2D eigenvalue weighted by molar-refractivity contribution is 6.33. The molecule has 0 fully saturated rings. The zero-order valence-electron chi connectivity index (χ0n) is 13.1. The largest absolute Gasteiger partial charge is 0.417 e. The minimum absolute atomic E-state index is 0.0588. The maximum Gasteiger partial charge on any atom is 0.417 e. The fourth-order valence-corrected chi connectivity index (χ4v) is 2.68. The lowest BCUT2D eigenvalue weighted by Gasteiger charge is -2.10. The molecule has 1 amide bonds. The lowest BCUT2D eigenvalue weighted by Crippen LogP contribution is -2.17. The number of pyridine rings is 1. The first-order valence-electron chi connectivity index (χ1n) is 7.45. The Hall–Kier alpha value is -2.54. The zero-order valence-corrected chi connectivity index (χ0v) is 13.8. The van der Waals surface area contributed by atoms with E-state index in [1.165, 1.54) is 6.07 Å². The van der Waals surface area contributed by atoms with Gasteiger partial charge >= 0.3 is 6.18 Å². The maximum absolute atomic E-state index is 13.0. The Morgan fingerprint density at radius 1 is 1.24 bits per heavy atom.